The number of rotatable bonds is 7. The van der Waals surface area contributed by atoms with Gasteiger partial charge in [-0.3, -0.25) is 4.79 Å². The number of amides is 1. The lowest BCUT2D eigenvalue weighted by molar-refractivity contribution is -0.917. The third-order valence-corrected chi connectivity index (χ3v) is 5.08. The fourth-order valence-corrected chi connectivity index (χ4v) is 3.49. The van der Waals surface area contributed by atoms with Crippen molar-refractivity contribution in [2.45, 2.75) is 13.5 Å². The molecule has 1 aliphatic heterocycles. The van der Waals surface area contributed by atoms with E-state index in [1.54, 1.807) is 26.4 Å². The van der Waals surface area contributed by atoms with Crippen LogP contribution in [0.4, 0.5) is 0 Å². The van der Waals surface area contributed by atoms with Crippen molar-refractivity contribution in [1.29, 1.82) is 0 Å². The van der Waals surface area contributed by atoms with E-state index < -0.39 is 0 Å². The van der Waals surface area contributed by atoms with Gasteiger partial charge in [0.25, 0.3) is 5.91 Å². The van der Waals surface area contributed by atoms with Crippen LogP contribution < -0.4 is 19.1 Å². The number of ether oxygens (including phenoxy) is 3. The summed E-state index contributed by atoms with van der Waals surface area (Å²) in [5.74, 6) is 2.18. The van der Waals surface area contributed by atoms with Crippen LogP contribution >= 0.6 is 0 Å². The minimum atomic E-state index is 0.0462. The fourth-order valence-electron chi connectivity index (χ4n) is 3.49. The molecule has 1 fully saturated rings. The highest BCUT2D eigenvalue weighted by Gasteiger charge is 2.25. The van der Waals surface area contributed by atoms with Crippen molar-refractivity contribution in [3.05, 3.63) is 53.6 Å². The Morgan fingerprint density at radius 1 is 1.00 bits per heavy atom. The standard InChI is InChI=1S/C22H28N2O4/c1-4-28-20-10-7-18(15-21(20)27-3)22(25)24-13-11-23(12-14-24)16-17-5-8-19(26-2)9-6-17/h5-10,15H,4,11-14,16H2,1-3H3/p+1. The third kappa shape index (κ3) is 4.75. The highest BCUT2D eigenvalue weighted by atomic mass is 16.5. The predicted octanol–water partition coefficient (Wildman–Crippen LogP) is 1.64. The second-order valence-electron chi connectivity index (χ2n) is 6.87. The van der Waals surface area contributed by atoms with Crippen LogP contribution in [0.1, 0.15) is 22.8 Å². The Balaban J connectivity index is 1.57. The summed E-state index contributed by atoms with van der Waals surface area (Å²) in [7, 11) is 3.27. The van der Waals surface area contributed by atoms with Gasteiger partial charge in [0.2, 0.25) is 0 Å². The molecule has 2 aromatic carbocycles. The maximum atomic E-state index is 12.9. The minimum absolute atomic E-state index is 0.0462. The fraction of sp³-hybridized carbons (Fsp3) is 0.409. The molecule has 28 heavy (non-hydrogen) atoms. The number of carbonyl (C=O) groups excluding carboxylic acids is 1. The first-order valence-corrected chi connectivity index (χ1v) is 9.71. The zero-order chi connectivity index (χ0) is 19.9. The maximum Gasteiger partial charge on any atom is 0.254 e. The smallest absolute Gasteiger partial charge is 0.254 e. The number of carbonyl (C=O) groups is 1. The number of hydrogen-bond acceptors (Lipinski definition) is 4. The first-order chi connectivity index (χ1) is 13.6. The molecule has 3 rings (SSSR count). The summed E-state index contributed by atoms with van der Waals surface area (Å²) in [6, 6.07) is 13.6. The molecule has 0 aliphatic carbocycles. The van der Waals surface area contributed by atoms with Crippen LogP contribution in [0.2, 0.25) is 0 Å². The number of quaternary nitrogens is 1. The molecule has 0 unspecified atom stereocenters. The topological polar surface area (TPSA) is 52.4 Å². The Labute approximate surface area is 166 Å². The van der Waals surface area contributed by atoms with E-state index in [1.807, 2.05) is 30.0 Å². The molecule has 1 heterocycles. The molecule has 1 amide bonds. The van der Waals surface area contributed by atoms with Crippen molar-refractivity contribution in [3.8, 4) is 17.2 Å². The van der Waals surface area contributed by atoms with E-state index in [4.69, 9.17) is 14.2 Å². The molecular formula is C22H29N2O4+. The Bertz CT molecular complexity index is 784. The summed E-state index contributed by atoms with van der Waals surface area (Å²) >= 11 is 0. The lowest BCUT2D eigenvalue weighted by Gasteiger charge is -2.32. The monoisotopic (exact) mass is 385 g/mol. The van der Waals surface area contributed by atoms with E-state index in [0.29, 0.717) is 23.7 Å². The molecule has 2 aromatic rings. The number of nitrogens with zero attached hydrogens (tertiary/aromatic N) is 1. The molecule has 0 radical (unpaired) electrons. The quantitative estimate of drug-likeness (QED) is 0.787. The largest absolute Gasteiger partial charge is 0.497 e. The molecular weight excluding hydrogens is 356 g/mol. The highest BCUT2D eigenvalue weighted by Crippen LogP contribution is 2.28. The molecule has 6 heteroatoms. The summed E-state index contributed by atoms with van der Waals surface area (Å²) in [5.41, 5.74) is 1.92. The second kappa shape index (κ2) is 9.46. The summed E-state index contributed by atoms with van der Waals surface area (Å²) in [6.45, 7) is 6.81. The van der Waals surface area contributed by atoms with Crippen molar-refractivity contribution in [2.24, 2.45) is 0 Å². The Kier molecular flexibility index (Phi) is 6.76. The first-order valence-electron chi connectivity index (χ1n) is 9.71. The van der Waals surface area contributed by atoms with E-state index in [9.17, 15) is 4.79 Å². The molecule has 150 valence electrons. The van der Waals surface area contributed by atoms with E-state index in [2.05, 4.69) is 12.1 Å². The van der Waals surface area contributed by atoms with Gasteiger partial charge in [-0.15, -0.1) is 0 Å². The molecule has 0 saturated carbocycles. The second-order valence-corrected chi connectivity index (χ2v) is 6.87. The Hall–Kier alpha value is -2.73. The van der Waals surface area contributed by atoms with Crippen LogP contribution in [0.3, 0.4) is 0 Å². The maximum absolute atomic E-state index is 12.9. The normalized spacial score (nSPS) is 14.6. The van der Waals surface area contributed by atoms with Crippen LogP contribution in [-0.4, -0.2) is 57.8 Å². The summed E-state index contributed by atoms with van der Waals surface area (Å²) < 4.78 is 16.1. The third-order valence-electron chi connectivity index (χ3n) is 5.08. The van der Waals surface area contributed by atoms with E-state index >= 15 is 0 Å². The van der Waals surface area contributed by atoms with Gasteiger partial charge in [-0.2, -0.15) is 0 Å². The Morgan fingerprint density at radius 2 is 1.71 bits per heavy atom. The highest BCUT2D eigenvalue weighted by molar-refractivity contribution is 5.95. The van der Waals surface area contributed by atoms with Crippen molar-refractivity contribution in [1.82, 2.24) is 4.90 Å². The van der Waals surface area contributed by atoms with Crippen LogP contribution in [0.15, 0.2) is 42.5 Å². The zero-order valence-corrected chi connectivity index (χ0v) is 16.9. The molecule has 0 spiro atoms. The number of hydrogen-bond donors (Lipinski definition) is 1. The van der Waals surface area contributed by atoms with Gasteiger partial charge < -0.3 is 24.0 Å². The van der Waals surface area contributed by atoms with E-state index in [0.717, 1.165) is 38.5 Å². The summed E-state index contributed by atoms with van der Waals surface area (Å²) in [5, 5.41) is 0. The van der Waals surface area contributed by atoms with E-state index in [1.165, 1.54) is 10.5 Å². The first kappa shape index (κ1) is 20.0. The Morgan fingerprint density at radius 3 is 2.32 bits per heavy atom. The summed E-state index contributed by atoms with van der Waals surface area (Å²) in [4.78, 5) is 16.3. The molecule has 1 aliphatic rings. The summed E-state index contributed by atoms with van der Waals surface area (Å²) in [6.07, 6.45) is 0. The van der Waals surface area contributed by atoms with Gasteiger partial charge in [0.05, 0.1) is 47.0 Å². The van der Waals surface area contributed by atoms with Gasteiger partial charge in [0.1, 0.15) is 12.3 Å². The van der Waals surface area contributed by atoms with Crippen molar-refractivity contribution < 1.29 is 23.9 Å². The zero-order valence-electron chi connectivity index (χ0n) is 16.9. The van der Waals surface area contributed by atoms with Crippen LogP contribution in [-0.2, 0) is 6.54 Å². The average molecular weight is 385 g/mol. The molecule has 0 aromatic heterocycles. The van der Waals surface area contributed by atoms with E-state index in [-0.39, 0.29) is 5.91 Å². The molecule has 0 bridgehead atoms. The van der Waals surface area contributed by atoms with Gasteiger partial charge in [-0.25, -0.2) is 0 Å². The minimum Gasteiger partial charge on any atom is -0.497 e. The predicted molar refractivity (Wildman–Crippen MR) is 107 cm³/mol. The van der Waals surface area contributed by atoms with Crippen LogP contribution in [0.25, 0.3) is 0 Å². The molecule has 6 nitrogen and oxygen atoms in total. The van der Waals surface area contributed by atoms with Crippen molar-refractivity contribution in [2.75, 3.05) is 47.0 Å². The van der Waals surface area contributed by atoms with Gasteiger partial charge >= 0.3 is 0 Å². The van der Waals surface area contributed by atoms with Gasteiger partial charge in [0.15, 0.2) is 11.5 Å². The van der Waals surface area contributed by atoms with Gasteiger partial charge in [0, 0.05) is 11.1 Å². The molecule has 0 atom stereocenters. The average Bonchev–Trinajstić information content (AvgIpc) is 2.75. The van der Waals surface area contributed by atoms with Crippen molar-refractivity contribution in [3.63, 3.8) is 0 Å². The number of benzene rings is 2. The lowest BCUT2D eigenvalue weighted by Crippen LogP contribution is -3.13. The van der Waals surface area contributed by atoms with Gasteiger partial charge in [-0.05, 0) is 49.4 Å². The number of piperazine rings is 1. The van der Waals surface area contributed by atoms with Crippen LogP contribution in [0.5, 0.6) is 17.2 Å². The molecule has 1 N–H and O–H groups in total. The number of nitrogens with one attached hydrogen (secondary N) is 1. The molecule has 1 saturated heterocycles. The van der Waals surface area contributed by atoms with Gasteiger partial charge in [-0.1, -0.05) is 0 Å². The lowest BCUT2D eigenvalue weighted by atomic mass is 10.1. The van der Waals surface area contributed by atoms with Crippen LogP contribution in [0, 0.1) is 0 Å². The SMILES string of the molecule is CCOc1ccc(C(=O)N2CC[NH+](Cc3ccc(OC)cc3)CC2)cc1OC. The number of methoxy groups -OCH3 is 2. The van der Waals surface area contributed by atoms with Crippen molar-refractivity contribution >= 4 is 5.91 Å².